The van der Waals surface area contributed by atoms with Gasteiger partial charge in [0.05, 0.1) is 23.3 Å². The molecule has 2 N–H and O–H groups in total. The van der Waals surface area contributed by atoms with Crippen molar-refractivity contribution in [3.8, 4) is 0 Å². The van der Waals surface area contributed by atoms with E-state index in [2.05, 4.69) is 31.0 Å². The first-order valence-electron chi connectivity index (χ1n) is 12.1. The van der Waals surface area contributed by atoms with E-state index >= 15 is 0 Å². The third-order valence-electron chi connectivity index (χ3n) is 6.60. The summed E-state index contributed by atoms with van der Waals surface area (Å²) in [4.78, 5) is 24.6. The molecule has 0 aliphatic carbocycles. The number of hydrogen-bond acceptors (Lipinski definition) is 6. The standard InChI is InChI=1S/C27H33FN4O4/c1-26(2,3)17-32-24-9-6-20(28)14-22(24)23(30-32)15-31-12-10-27(11-13-31,36-18-33)16-29-21-7-4-19(5-8-21)25(34)35/h4-9,14,18,29H,10-13,15-17H2,1-3H3,(H,34,35). The van der Waals surface area contributed by atoms with Gasteiger partial charge in [-0.3, -0.25) is 14.4 Å². The summed E-state index contributed by atoms with van der Waals surface area (Å²) >= 11 is 0. The number of carboxylic acids is 1. The highest BCUT2D eigenvalue weighted by Gasteiger charge is 2.36. The number of ether oxygens (including phenoxy) is 1. The average molecular weight is 497 g/mol. The number of carbonyl (C=O) groups excluding carboxylic acids is 1. The minimum atomic E-state index is -0.978. The zero-order chi connectivity index (χ0) is 25.9. The number of aromatic nitrogens is 2. The Labute approximate surface area is 210 Å². The maximum absolute atomic E-state index is 14.1. The first-order chi connectivity index (χ1) is 17.1. The molecule has 36 heavy (non-hydrogen) atoms. The summed E-state index contributed by atoms with van der Waals surface area (Å²) in [5.74, 6) is -1.26. The number of rotatable bonds is 9. The first kappa shape index (κ1) is 25.6. The third kappa shape index (κ3) is 6.02. The Bertz CT molecular complexity index is 1230. The second-order valence-electron chi connectivity index (χ2n) is 10.7. The van der Waals surface area contributed by atoms with E-state index in [-0.39, 0.29) is 16.8 Å². The maximum atomic E-state index is 14.1. The number of carboxylic acid groups (broad SMARTS) is 1. The Kier molecular flexibility index (Phi) is 7.31. The molecular formula is C27H33FN4O4. The molecule has 3 aromatic rings. The number of benzene rings is 2. The molecular weight excluding hydrogens is 463 g/mol. The molecule has 0 bridgehead atoms. The van der Waals surface area contributed by atoms with Crippen molar-refractivity contribution in [2.45, 2.75) is 52.3 Å². The molecule has 2 heterocycles. The summed E-state index contributed by atoms with van der Waals surface area (Å²) in [5.41, 5.74) is 2.11. The Morgan fingerprint density at radius 2 is 1.89 bits per heavy atom. The van der Waals surface area contributed by atoms with E-state index in [1.54, 1.807) is 24.3 Å². The van der Waals surface area contributed by atoms with E-state index in [0.29, 0.717) is 45.5 Å². The quantitative estimate of drug-likeness (QED) is 0.420. The Morgan fingerprint density at radius 1 is 1.19 bits per heavy atom. The van der Waals surface area contributed by atoms with Crippen molar-refractivity contribution in [3.63, 3.8) is 0 Å². The highest BCUT2D eigenvalue weighted by atomic mass is 19.1. The van der Waals surface area contributed by atoms with Crippen molar-refractivity contribution in [3.05, 3.63) is 59.5 Å². The minimum Gasteiger partial charge on any atom is -0.478 e. The summed E-state index contributed by atoms with van der Waals surface area (Å²) in [6.45, 7) is 10.0. The zero-order valence-corrected chi connectivity index (χ0v) is 21.0. The summed E-state index contributed by atoms with van der Waals surface area (Å²) in [7, 11) is 0. The number of aromatic carboxylic acids is 1. The molecule has 1 fully saturated rings. The third-order valence-corrected chi connectivity index (χ3v) is 6.60. The van der Waals surface area contributed by atoms with Crippen molar-refractivity contribution in [1.29, 1.82) is 0 Å². The number of piperidine rings is 1. The van der Waals surface area contributed by atoms with E-state index in [1.807, 2.05) is 4.68 Å². The molecule has 8 nitrogen and oxygen atoms in total. The van der Waals surface area contributed by atoms with Gasteiger partial charge in [-0.1, -0.05) is 20.8 Å². The van der Waals surface area contributed by atoms with Gasteiger partial charge in [0.15, 0.2) is 0 Å². The molecule has 2 aromatic carbocycles. The number of fused-ring (bicyclic) bond motifs is 1. The lowest BCUT2D eigenvalue weighted by Gasteiger charge is -2.40. The van der Waals surface area contributed by atoms with Crippen LogP contribution < -0.4 is 5.32 Å². The SMILES string of the molecule is CC(C)(C)Cn1nc(CN2CCC(CNc3ccc(C(=O)O)cc3)(OC=O)CC2)c2cc(F)ccc21. The fraction of sp³-hybridized carbons (Fsp3) is 0.444. The molecule has 0 atom stereocenters. The smallest absolute Gasteiger partial charge is 0.335 e. The van der Waals surface area contributed by atoms with Crippen molar-refractivity contribution in [2.75, 3.05) is 25.0 Å². The van der Waals surface area contributed by atoms with Gasteiger partial charge in [-0.25, -0.2) is 9.18 Å². The number of carbonyl (C=O) groups is 2. The molecule has 0 amide bonds. The number of anilines is 1. The molecule has 9 heteroatoms. The maximum Gasteiger partial charge on any atom is 0.335 e. The molecule has 0 unspecified atom stereocenters. The Hall–Kier alpha value is -3.46. The molecule has 192 valence electrons. The van der Waals surface area contributed by atoms with E-state index in [4.69, 9.17) is 14.9 Å². The van der Waals surface area contributed by atoms with Gasteiger partial charge in [0.2, 0.25) is 0 Å². The van der Waals surface area contributed by atoms with E-state index < -0.39 is 11.6 Å². The lowest BCUT2D eigenvalue weighted by molar-refractivity contribution is -0.147. The fourth-order valence-electron chi connectivity index (χ4n) is 4.67. The van der Waals surface area contributed by atoms with Crippen LogP contribution >= 0.6 is 0 Å². The second kappa shape index (κ2) is 10.3. The largest absolute Gasteiger partial charge is 0.478 e. The van der Waals surface area contributed by atoms with E-state index in [0.717, 1.165) is 28.8 Å². The predicted molar refractivity (Wildman–Crippen MR) is 135 cm³/mol. The molecule has 0 saturated carbocycles. The van der Waals surface area contributed by atoms with Crippen molar-refractivity contribution < 1.29 is 23.8 Å². The van der Waals surface area contributed by atoms with Crippen LogP contribution in [0.4, 0.5) is 10.1 Å². The topological polar surface area (TPSA) is 96.7 Å². The van der Waals surface area contributed by atoms with Crippen molar-refractivity contribution in [1.82, 2.24) is 14.7 Å². The van der Waals surface area contributed by atoms with Crippen LogP contribution in [0.15, 0.2) is 42.5 Å². The van der Waals surface area contributed by atoms with Gasteiger partial charge in [0, 0.05) is 50.1 Å². The van der Waals surface area contributed by atoms with Crippen molar-refractivity contribution >= 4 is 29.0 Å². The van der Waals surface area contributed by atoms with Crippen LogP contribution in [-0.4, -0.2) is 57.5 Å². The lowest BCUT2D eigenvalue weighted by Crippen LogP contribution is -2.49. The van der Waals surface area contributed by atoms with Gasteiger partial charge < -0.3 is 15.2 Å². The van der Waals surface area contributed by atoms with Gasteiger partial charge in [0.1, 0.15) is 11.4 Å². The first-order valence-corrected chi connectivity index (χ1v) is 12.1. The van der Waals surface area contributed by atoms with Gasteiger partial charge in [-0.2, -0.15) is 5.10 Å². The molecule has 1 aromatic heterocycles. The molecule has 0 radical (unpaired) electrons. The van der Waals surface area contributed by atoms with Crippen LogP contribution in [0.2, 0.25) is 0 Å². The molecule has 0 spiro atoms. The van der Waals surface area contributed by atoms with E-state index in [1.165, 1.54) is 18.2 Å². The molecule has 1 saturated heterocycles. The Balaban J connectivity index is 1.44. The summed E-state index contributed by atoms with van der Waals surface area (Å²) in [5, 5.41) is 18.0. The highest BCUT2D eigenvalue weighted by molar-refractivity contribution is 5.88. The predicted octanol–water partition coefficient (Wildman–Crippen LogP) is 4.54. The highest BCUT2D eigenvalue weighted by Crippen LogP contribution is 2.30. The van der Waals surface area contributed by atoms with Crippen LogP contribution in [0.5, 0.6) is 0 Å². The fourth-order valence-corrected chi connectivity index (χ4v) is 4.67. The summed E-state index contributed by atoms with van der Waals surface area (Å²) in [6, 6.07) is 11.3. The molecule has 1 aliphatic rings. The number of hydrogen-bond donors (Lipinski definition) is 2. The normalized spacial score (nSPS) is 16.1. The molecule has 1 aliphatic heterocycles. The molecule has 4 rings (SSSR count). The van der Waals surface area contributed by atoms with Crippen LogP contribution in [0, 0.1) is 11.2 Å². The van der Waals surface area contributed by atoms with Gasteiger partial charge >= 0.3 is 5.97 Å². The monoisotopic (exact) mass is 496 g/mol. The summed E-state index contributed by atoms with van der Waals surface area (Å²) in [6.07, 6.45) is 1.25. The van der Waals surface area contributed by atoms with Gasteiger partial charge in [-0.15, -0.1) is 0 Å². The minimum absolute atomic E-state index is 0.0302. The van der Waals surface area contributed by atoms with Crippen LogP contribution in [-0.2, 0) is 22.6 Å². The number of halogens is 1. The lowest BCUT2D eigenvalue weighted by atomic mass is 9.90. The van der Waals surface area contributed by atoms with Gasteiger partial charge in [-0.05, 0) is 47.9 Å². The van der Waals surface area contributed by atoms with Crippen LogP contribution in [0.3, 0.4) is 0 Å². The second-order valence-corrected chi connectivity index (χ2v) is 10.7. The number of nitrogens with zero attached hydrogens (tertiary/aromatic N) is 3. The number of likely N-dealkylation sites (tertiary alicyclic amines) is 1. The summed E-state index contributed by atoms with van der Waals surface area (Å²) < 4.78 is 21.6. The van der Waals surface area contributed by atoms with Crippen LogP contribution in [0.25, 0.3) is 10.9 Å². The average Bonchev–Trinajstić information content (AvgIpc) is 3.14. The van der Waals surface area contributed by atoms with E-state index in [9.17, 15) is 14.0 Å². The number of nitrogens with one attached hydrogen (secondary N) is 1. The Morgan fingerprint density at radius 3 is 2.50 bits per heavy atom. The van der Waals surface area contributed by atoms with Crippen molar-refractivity contribution in [2.24, 2.45) is 5.41 Å². The zero-order valence-electron chi connectivity index (χ0n) is 21.0. The van der Waals surface area contributed by atoms with Crippen LogP contribution in [0.1, 0.15) is 49.7 Å². The van der Waals surface area contributed by atoms with Gasteiger partial charge in [0.25, 0.3) is 6.47 Å².